The zero-order valence-electron chi connectivity index (χ0n) is 7.87. The highest BCUT2D eigenvalue weighted by atomic mass is 79.9. The number of anilines is 1. The predicted molar refractivity (Wildman–Crippen MR) is 65.1 cm³/mol. The topological polar surface area (TPSA) is 43.8 Å². The SMILES string of the molecule is Nc1nn(C2CC2)c2ccc(Br)c(Cl)c12. The standard InChI is InChI=1S/C10H9BrClN3/c11-6-3-4-7-8(9(6)12)10(13)14-15(7)5-1-2-5/h3-5H,1-2H2,(H2,13,14). The minimum atomic E-state index is 0.516. The fraction of sp³-hybridized carbons (Fsp3) is 0.300. The molecule has 1 fully saturated rings. The van der Waals surface area contributed by atoms with Gasteiger partial charge in [0.25, 0.3) is 0 Å². The summed E-state index contributed by atoms with van der Waals surface area (Å²) in [6.07, 6.45) is 2.37. The quantitative estimate of drug-likeness (QED) is 0.873. The monoisotopic (exact) mass is 285 g/mol. The normalized spacial score (nSPS) is 16.1. The second-order valence-electron chi connectivity index (χ2n) is 3.82. The Morgan fingerprint density at radius 2 is 2.20 bits per heavy atom. The molecule has 1 aromatic carbocycles. The number of hydrogen-bond donors (Lipinski definition) is 1. The van der Waals surface area contributed by atoms with E-state index in [9.17, 15) is 0 Å². The summed E-state index contributed by atoms with van der Waals surface area (Å²) in [6.45, 7) is 0. The molecule has 3 nitrogen and oxygen atoms in total. The maximum Gasteiger partial charge on any atom is 0.154 e. The van der Waals surface area contributed by atoms with Crippen LogP contribution in [0.3, 0.4) is 0 Å². The van der Waals surface area contributed by atoms with Crippen molar-refractivity contribution in [3.05, 3.63) is 21.6 Å². The number of benzene rings is 1. The van der Waals surface area contributed by atoms with Crippen LogP contribution in [-0.2, 0) is 0 Å². The maximum absolute atomic E-state index is 6.19. The van der Waals surface area contributed by atoms with E-state index in [0.29, 0.717) is 16.9 Å². The van der Waals surface area contributed by atoms with Gasteiger partial charge < -0.3 is 5.73 Å². The molecule has 0 unspecified atom stereocenters. The third-order valence-electron chi connectivity index (χ3n) is 2.68. The molecule has 1 aliphatic carbocycles. The van der Waals surface area contributed by atoms with Gasteiger partial charge in [-0.1, -0.05) is 11.6 Å². The van der Waals surface area contributed by atoms with Crippen LogP contribution in [-0.4, -0.2) is 9.78 Å². The van der Waals surface area contributed by atoms with E-state index in [2.05, 4.69) is 21.0 Å². The predicted octanol–water partition coefficient (Wildman–Crippen LogP) is 3.37. The summed E-state index contributed by atoms with van der Waals surface area (Å²) in [5.41, 5.74) is 6.91. The highest BCUT2D eigenvalue weighted by Crippen LogP contribution is 2.41. The van der Waals surface area contributed by atoms with E-state index in [1.54, 1.807) is 0 Å². The molecule has 0 bridgehead atoms. The Bertz CT molecular complexity index is 545. The highest BCUT2D eigenvalue weighted by Gasteiger charge is 2.27. The van der Waals surface area contributed by atoms with Crippen molar-refractivity contribution in [1.29, 1.82) is 0 Å². The Balaban J connectivity index is 2.37. The molecule has 0 aliphatic heterocycles. The van der Waals surface area contributed by atoms with Crippen molar-refractivity contribution in [2.75, 3.05) is 5.73 Å². The van der Waals surface area contributed by atoms with Crippen LogP contribution in [0.25, 0.3) is 10.9 Å². The average molecular weight is 287 g/mol. The Labute approximate surface area is 100 Å². The van der Waals surface area contributed by atoms with Crippen molar-refractivity contribution >= 4 is 44.3 Å². The summed E-state index contributed by atoms with van der Waals surface area (Å²) in [7, 11) is 0. The fourth-order valence-electron chi connectivity index (χ4n) is 1.79. The molecule has 0 saturated heterocycles. The van der Waals surface area contributed by atoms with Gasteiger partial charge in [0.05, 0.1) is 22.0 Å². The Kier molecular flexibility index (Phi) is 1.97. The third kappa shape index (κ3) is 1.35. The van der Waals surface area contributed by atoms with Crippen molar-refractivity contribution in [1.82, 2.24) is 9.78 Å². The molecule has 3 rings (SSSR count). The van der Waals surface area contributed by atoms with Gasteiger partial charge in [-0.05, 0) is 40.9 Å². The molecule has 0 radical (unpaired) electrons. The summed E-state index contributed by atoms with van der Waals surface area (Å²) in [4.78, 5) is 0. The summed E-state index contributed by atoms with van der Waals surface area (Å²) in [6, 6.07) is 4.46. The Morgan fingerprint density at radius 1 is 1.47 bits per heavy atom. The van der Waals surface area contributed by atoms with E-state index in [1.807, 2.05) is 16.8 Å². The first-order chi connectivity index (χ1) is 7.18. The zero-order chi connectivity index (χ0) is 10.6. The van der Waals surface area contributed by atoms with Crippen molar-refractivity contribution < 1.29 is 0 Å². The number of rotatable bonds is 1. The van der Waals surface area contributed by atoms with Gasteiger partial charge in [0, 0.05) is 4.47 Å². The van der Waals surface area contributed by atoms with Gasteiger partial charge in [-0.3, -0.25) is 4.68 Å². The smallest absolute Gasteiger partial charge is 0.154 e. The van der Waals surface area contributed by atoms with Crippen molar-refractivity contribution in [2.24, 2.45) is 0 Å². The second-order valence-corrected chi connectivity index (χ2v) is 5.05. The molecule has 1 heterocycles. The first-order valence-corrected chi connectivity index (χ1v) is 5.97. The van der Waals surface area contributed by atoms with Gasteiger partial charge in [-0.2, -0.15) is 5.10 Å². The van der Waals surface area contributed by atoms with Gasteiger partial charge in [-0.15, -0.1) is 0 Å². The zero-order valence-corrected chi connectivity index (χ0v) is 10.2. The van der Waals surface area contributed by atoms with Gasteiger partial charge in [-0.25, -0.2) is 0 Å². The van der Waals surface area contributed by atoms with Crippen LogP contribution in [0.2, 0.25) is 5.02 Å². The molecule has 1 aliphatic rings. The van der Waals surface area contributed by atoms with Gasteiger partial charge in [0.1, 0.15) is 0 Å². The second kappa shape index (κ2) is 3.12. The van der Waals surface area contributed by atoms with Crippen LogP contribution in [0.15, 0.2) is 16.6 Å². The maximum atomic E-state index is 6.19. The molecule has 0 atom stereocenters. The Morgan fingerprint density at radius 3 is 2.87 bits per heavy atom. The van der Waals surface area contributed by atoms with E-state index >= 15 is 0 Å². The number of halogens is 2. The lowest BCUT2D eigenvalue weighted by Crippen LogP contribution is -1.96. The molecule has 2 N–H and O–H groups in total. The number of aromatic nitrogens is 2. The lowest BCUT2D eigenvalue weighted by atomic mass is 10.2. The van der Waals surface area contributed by atoms with Gasteiger partial charge >= 0.3 is 0 Å². The summed E-state index contributed by atoms with van der Waals surface area (Å²) in [5.74, 6) is 0.517. The molecular weight excluding hydrogens is 277 g/mol. The number of nitrogen functional groups attached to an aromatic ring is 1. The summed E-state index contributed by atoms with van der Waals surface area (Å²) in [5, 5.41) is 5.85. The summed E-state index contributed by atoms with van der Waals surface area (Å²) < 4.78 is 2.85. The molecule has 0 spiro atoms. The van der Waals surface area contributed by atoms with E-state index in [1.165, 1.54) is 12.8 Å². The minimum Gasteiger partial charge on any atom is -0.382 e. The van der Waals surface area contributed by atoms with Crippen molar-refractivity contribution in [3.8, 4) is 0 Å². The van der Waals surface area contributed by atoms with E-state index in [0.717, 1.165) is 15.4 Å². The largest absolute Gasteiger partial charge is 0.382 e. The molecule has 78 valence electrons. The lowest BCUT2D eigenvalue weighted by molar-refractivity contribution is 0.669. The Hall–Kier alpha value is -0.740. The summed E-state index contributed by atoms with van der Waals surface area (Å²) >= 11 is 9.58. The van der Waals surface area contributed by atoms with Crippen LogP contribution >= 0.6 is 27.5 Å². The van der Waals surface area contributed by atoms with Crippen molar-refractivity contribution in [2.45, 2.75) is 18.9 Å². The van der Waals surface area contributed by atoms with E-state index < -0.39 is 0 Å². The van der Waals surface area contributed by atoms with Crippen LogP contribution < -0.4 is 5.73 Å². The molecule has 5 heteroatoms. The number of nitrogens with zero attached hydrogens (tertiary/aromatic N) is 2. The van der Waals surface area contributed by atoms with Gasteiger partial charge in [0.2, 0.25) is 0 Å². The lowest BCUT2D eigenvalue weighted by Gasteiger charge is -2.01. The fourth-order valence-corrected chi connectivity index (χ4v) is 2.38. The van der Waals surface area contributed by atoms with Crippen molar-refractivity contribution in [3.63, 3.8) is 0 Å². The first kappa shape index (κ1) is 9.48. The first-order valence-electron chi connectivity index (χ1n) is 4.80. The van der Waals surface area contributed by atoms with Crippen LogP contribution in [0.1, 0.15) is 18.9 Å². The van der Waals surface area contributed by atoms with E-state index in [-0.39, 0.29) is 0 Å². The molecular formula is C10H9BrClN3. The molecule has 15 heavy (non-hydrogen) atoms. The highest BCUT2D eigenvalue weighted by molar-refractivity contribution is 9.10. The number of fused-ring (bicyclic) bond motifs is 1. The molecule has 0 amide bonds. The van der Waals surface area contributed by atoms with Gasteiger partial charge in [0.15, 0.2) is 5.82 Å². The molecule has 1 saturated carbocycles. The average Bonchev–Trinajstić information content (AvgIpc) is 2.98. The third-order valence-corrected chi connectivity index (χ3v) is 3.97. The number of hydrogen-bond acceptors (Lipinski definition) is 2. The molecule has 1 aromatic heterocycles. The van der Waals surface area contributed by atoms with Crippen LogP contribution in [0.4, 0.5) is 5.82 Å². The van der Waals surface area contributed by atoms with Crippen LogP contribution in [0, 0.1) is 0 Å². The number of nitrogens with two attached hydrogens (primary N) is 1. The minimum absolute atomic E-state index is 0.516. The molecule has 2 aromatic rings. The van der Waals surface area contributed by atoms with E-state index in [4.69, 9.17) is 17.3 Å². The van der Waals surface area contributed by atoms with Crippen LogP contribution in [0.5, 0.6) is 0 Å².